The fourth-order valence-corrected chi connectivity index (χ4v) is 3.04. The van der Waals surface area contributed by atoms with E-state index in [1.54, 1.807) is 30.6 Å². The Bertz CT molecular complexity index is 219. The number of hydrazine groups is 1. The van der Waals surface area contributed by atoms with Crippen LogP contribution in [0.3, 0.4) is 0 Å². The molecule has 0 unspecified atom stereocenters. The summed E-state index contributed by atoms with van der Waals surface area (Å²) < 4.78 is -0.100. The molecule has 3 N–H and O–H groups in total. The Labute approximate surface area is 105 Å². The van der Waals surface area contributed by atoms with Crippen LogP contribution in [0.25, 0.3) is 0 Å². The van der Waals surface area contributed by atoms with Crippen molar-refractivity contribution in [2.45, 2.75) is 18.4 Å². The summed E-state index contributed by atoms with van der Waals surface area (Å²) in [6, 6.07) is 0. The number of nitrogens with zero attached hydrogens (tertiary/aromatic N) is 1. The molecular weight excluding hydrogens is 250 g/mol. The number of nitrogens with one attached hydrogen (secondary N) is 1. The molecule has 0 radical (unpaired) electrons. The summed E-state index contributed by atoms with van der Waals surface area (Å²) in [5.41, 5.74) is 8.00. The molecule has 0 bridgehead atoms. The van der Waals surface area contributed by atoms with E-state index in [0.29, 0.717) is 0 Å². The van der Waals surface area contributed by atoms with Crippen molar-refractivity contribution in [2.24, 2.45) is 5.73 Å². The number of thioether (sulfide) groups is 2. The van der Waals surface area contributed by atoms with Crippen LogP contribution in [0.15, 0.2) is 0 Å². The minimum absolute atomic E-state index is 0.0657. The van der Waals surface area contributed by atoms with Gasteiger partial charge in [-0.15, -0.1) is 23.5 Å². The highest BCUT2D eigenvalue weighted by Crippen LogP contribution is 2.23. The van der Waals surface area contributed by atoms with E-state index in [2.05, 4.69) is 5.43 Å². The van der Waals surface area contributed by atoms with Crippen LogP contribution in [0, 0.1) is 0 Å². The Morgan fingerprint density at radius 1 is 1.47 bits per heavy atom. The van der Waals surface area contributed by atoms with Gasteiger partial charge < -0.3 is 5.73 Å². The molecule has 0 saturated carbocycles. The van der Waals surface area contributed by atoms with Gasteiger partial charge in [-0.3, -0.25) is 15.2 Å². The van der Waals surface area contributed by atoms with E-state index < -0.39 is 0 Å². The summed E-state index contributed by atoms with van der Waals surface area (Å²) in [6.45, 7) is 4.05. The molecule has 0 spiro atoms. The van der Waals surface area contributed by atoms with Gasteiger partial charge in [-0.2, -0.15) is 0 Å². The molecule has 0 rings (SSSR count). The van der Waals surface area contributed by atoms with Crippen LogP contribution >= 0.6 is 35.7 Å². The van der Waals surface area contributed by atoms with Crippen LogP contribution < -0.4 is 11.2 Å². The minimum atomic E-state index is -0.100. The maximum absolute atomic E-state index is 11.7. The van der Waals surface area contributed by atoms with Gasteiger partial charge in [0.05, 0.1) is 0 Å². The lowest BCUT2D eigenvalue weighted by Gasteiger charge is -2.21. The number of hydrogen-bond donors (Lipinski definition) is 2. The minimum Gasteiger partial charge on any atom is -0.375 e. The molecule has 0 aliphatic carbocycles. The van der Waals surface area contributed by atoms with Gasteiger partial charge >= 0.3 is 0 Å². The van der Waals surface area contributed by atoms with Crippen molar-refractivity contribution in [3.63, 3.8) is 0 Å². The summed E-state index contributed by atoms with van der Waals surface area (Å²) in [5, 5.41) is 1.52. The van der Waals surface area contributed by atoms with Crippen molar-refractivity contribution >= 4 is 46.8 Å². The molecule has 0 heterocycles. The van der Waals surface area contributed by atoms with Crippen molar-refractivity contribution in [1.29, 1.82) is 0 Å². The van der Waals surface area contributed by atoms with Crippen molar-refractivity contribution in [3.8, 4) is 0 Å². The average Bonchev–Trinajstić information content (AvgIpc) is 2.17. The average molecular weight is 267 g/mol. The van der Waals surface area contributed by atoms with Crippen LogP contribution in [-0.4, -0.2) is 39.2 Å². The zero-order valence-electron chi connectivity index (χ0n) is 9.15. The fourth-order valence-electron chi connectivity index (χ4n) is 0.775. The van der Waals surface area contributed by atoms with Gasteiger partial charge in [0.25, 0.3) is 5.91 Å². The van der Waals surface area contributed by atoms with E-state index in [0.717, 1.165) is 11.5 Å². The van der Waals surface area contributed by atoms with Gasteiger partial charge in [0, 0.05) is 7.05 Å². The Hall–Kier alpha value is -0.140. The Balaban J connectivity index is 4.18. The van der Waals surface area contributed by atoms with Crippen LogP contribution in [0.2, 0.25) is 0 Å². The van der Waals surface area contributed by atoms with Crippen molar-refractivity contribution < 1.29 is 4.79 Å². The number of carbonyl (C=O) groups excluding carboxylic acids is 1. The van der Waals surface area contributed by atoms with E-state index in [9.17, 15) is 4.79 Å². The molecule has 0 aromatic rings. The Morgan fingerprint density at radius 2 is 1.93 bits per heavy atom. The number of amides is 1. The third-order valence-corrected chi connectivity index (χ3v) is 4.25. The van der Waals surface area contributed by atoms with Crippen LogP contribution in [0.1, 0.15) is 13.8 Å². The van der Waals surface area contributed by atoms with Crippen molar-refractivity contribution in [3.05, 3.63) is 0 Å². The quantitative estimate of drug-likeness (QED) is 0.441. The number of hydrogen-bond acceptors (Lipinski definition) is 4. The third kappa shape index (κ3) is 6.11. The summed E-state index contributed by atoms with van der Waals surface area (Å²) in [4.78, 5) is 11.7. The van der Waals surface area contributed by atoms with Gasteiger partial charge in [0.2, 0.25) is 0 Å². The molecule has 4 nitrogen and oxygen atoms in total. The highest BCUT2D eigenvalue weighted by molar-refractivity contribution is 8.18. The molecule has 1 amide bonds. The number of rotatable bonds is 5. The fraction of sp³-hybridized carbons (Fsp3) is 0.750. The summed E-state index contributed by atoms with van der Waals surface area (Å²) in [5.74, 6) is 1.74. The van der Waals surface area contributed by atoms with Crippen LogP contribution in [0.5, 0.6) is 0 Å². The number of nitrogens with two attached hydrogens (primary N) is 1. The van der Waals surface area contributed by atoms with E-state index in [1.165, 1.54) is 5.01 Å². The Kier molecular flexibility index (Phi) is 7.99. The number of thiocarbonyl (C=S) groups is 1. The second kappa shape index (κ2) is 8.06. The molecule has 7 heteroatoms. The highest BCUT2D eigenvalue weighted by atomic mass is 32.2. The maximum Gasteiger partial charge on any atom is 0.261 e. The van der Waals surface area contributed by atoms with E-state index in [-0.39, 0.29) is 15.6 Å². The van der Waals surface area contributed by atoms with Gasteiger partial charge in [0.15, 0.2) is 5.11 Å². The monoisotopic (exact) mass is 267 g/mol. The SMILES string of the molecule is CCSC(SCC)C(=O)NN(C)C(N)=S. The lowest BCUT2D eigenvalue weighted by Crippen LogP contribution is -2.48. The molecule has 0 atom stereocenters. The zero-order chi connectivity index (χ0) is 11.8. The van der Waals surface area contributed by atoms with Crippen LogP contribution in [-0.2, 0) is 4.79 Å². The molecule has 0 fully saturated rings. The first-order valence-corrected chi connectivity index (χ1v) is 7.10. The normalized spacial score (nSPS) is 10.1. The maximum atomic E-state index is 11.7. The van der Waals surface area contributed by atoms with Crippen molar-refractivity contribution in [2.75, 3.05) is 18.6 Å². The third-order valence-electron chi connectivity index (χ3n) is 1.46. The first-order chi connectivity index (χ1) is 7.02. The van der Waals surface area contributed by atoms with Gasteiger partial charge in [-0.05, 0) is 23.7 Å². The second-order valence-electron chi connectivity index (χ2n) is 2.62. The largest absolute Gasteiger partial charge is 0.375 e. The lowest BCUT2D eigenvalue weighted by atomic mass is 10.7. The lowest BCUT2D eigenvalue weighted by molar-refractivity contribution is -0.121. The zero-order valence-corrected chi connectivity index (χ0v) is 11.6. The second-order valence-corrected chi connectivity index (χ2v) is 6.10. The molecule has 0 saturated heterocycles. The first kappa shape index (κ1) is 14.9. The molecule has 0 aromatic heterocycles. The molecule has 88 valence electrons. The Morgan fingerprint density at radius 3 is 2.27 bits per heavy atom. The van der Waals surface area contributed by atoms with Gasteiger partial charge in [0.1, 0.15) is 4.58 Å². The number of carbonyl (C=O) groups is 1. The van der Waals surface area contributed by atoms with Gasteiger partial charge in [-0.1, -0.05) is 13.8 Å². The van der Waals surface area contributed by atoms with E-state index in [4.69, 9.17) is 18.0 Å². The topological polar surface area (TPSA) is 58.4 Å². The van der Waals surface area contributed by atoms with Gasteiger partial charge in [-0.25, -0.2) is 0 Å². The summed E-state index contributed by atoms with van der Waals surface area (Å²) >= 11 is 7.93. The highest BCUT2D eigenvalue weighted by Gasteiger charge is 2.19. The van der Waals surface area contributed by atoms with Crippen molar-refractivity contribution in [1.82, 2.24) is 10.4 Å². The molecule has 0 aliphatic rings. The molecular formula is C8H17N3OS3. The predicted molar refractivity (Wildman–Crippen MR) is 72.7 cm³/mol. The molecule has 15 heavy (non-hydrogen) atoms. The first-order valence-electron chi connectivity index (χ1n) is 4.59. The van der Waals surface area contributed by atoms with Crippen LogP contribution in [0.4, 0.5) is 0 Å². The predicted octanol–water partition coefficient (Wildman–Crippen LogP) is 1.03. The molecule has 0 aliphatic heterocycles. The summed E-state index contributed by atoms with van der Waals surface area (Å²) in [6.07, 6.45) is 0. The smallest absolute Gasteiger partial charge is 0.261 e. The standard InChI is InChI=1S/C8H17N3OS3/c1-4-14-7(15-5-2)6(12)10-11(3)8(9)13/h7H,4-5H2,1-3H3,(H2,9,13)(H,10,12). The van der Waals surface area contributed by atoms with E-state index >= 15 is 0 Å². The molecule has 0 aromatic carbocycles. The van der Waals surface area contributed by atoms with E-state index in [1.807, 2.05) is 13.8 Å². The summed E-state index contributed by atoms with van der Waals surface area (Å²) in [7, 11) is 1.63.